The summed E-state index contributed by atoms with van der Waals surface area (Å²) < 4.78 is 5.43. The molecule has 0 N–H and O–H groups in total. The van der Waals surface area contributed by atoms with E-state index in [-0.39, 0.29) is 0 Å². The summed E-state index contributed by atoms with van der Waals surface area (Å²) in [5.74, 6) is 0.591. The molecule has 0 aliphatic heterocycles. The van der Waals surface area contributed by atoms with E-state index >= 15 is 0 Å². The number of rotatable bonds is 4. The minimum absolute atomic E-state index is 0.542. The molecule has 1 fully saturated rings. The van der Waals surface area contributed by atoms with Gasteiger partial charge in [0, 0.05) is 5.88 Å². The van der Waals surface area contributed by atoms with Gasteiger partial charge < -0.3 is 4.74 Å². The van der Waals surface area contributed by atoms with Crippen LogP contribution in [-0.4, -0.2) is 18.6 Å². The number of ether oxygens (including phenoxy) is 1. The van der Waals surface area contributed by atoms with Crippen LogP contribution in [0.25, 0.3) is 0 Å². The molecule has 1 rings (SSSR count). The van der Waals surface area contributed by atoms with Crippen LogP contribution in [0.5, 0.6) is 0 Å². The van der Waals surface area contributed by atoms with E-state index in [4.69, 9.17) is 16.3 Å². The molecular weight excluding hydrogens is 148 g/mol. The van der Waals surface area contributed by atoms with Crippen LogP contribution < -0.4 is 0 Å². The average Bonchev–Trinajstić information content (AvgIpc) is 1.84. The van der Waals surface area contributed by atoms with Crippen molar-refractivity contribution >= 4 is 11.6 Å². The van der Waals surface area contributed by atoms with Gasteiger partial charge in [0.25, 0.3) is 0 Å². The fourth-order valence-electron chi connectivity index (χ4n) is 0.860. The first-order valence-corrected chi connectivity index (χ1v) is 4.29. The van der Waals surface area contributed by atoms with Gasteiger partial charge in [-0.1, -0.05) is 12.2 Å². The van der Waals surface area contributed by atoms with Gasteiger partial charge in [0.1, 0.15) is 0 Å². The smallest absolute Gasteiger partial charge is 0.0651 e. The molecule has 58 valence electrons. The highest BCUT2D eigenvalue weighted by molar-refractivity contribution is 6.18. The number of halogens is 1. The summed E-state index contributed by atoms with van der Waals surface area (Å²) >= 11 is 5.42. The zero-order chi connectivity index (χ0) is 7.23. The van der Waals surface area contributed by atoms with Crippen molar-refractivity contribution in [3.63, 3.8) is 0 Å². The van der Waals surface area contributed by atoms with Crippen molar-refractivity contribution in [3.05, 3.63) is 12.2 Å². The molecule has 1 saturated carbocycles. The van der Waals surface area contributed by atoms with Gasteiger partial charge in [-0.3, -0.25) is 0 Å². The van der Waals surface area contributed by atoms with Gasteiger partial charge >= 0.3 is 0 Å². The minimum Gasteiger partial charge on any atom is -0.374 e. The third kappa shape index (κ3) is 2.72. The van der Waals surface area contributed by atoms with Crippen molar-refractivity contribution in [1.82, 2.24) is 0 Å². The lowest BCUT2D eigenvalue weighted by molar-refractivity contribution is 0.0188. The van der Waals surface area contributed by atoms with Gasteiger partial charge in [0.05, 0.1) is 12.7 Å². The Balaban J connectivity index is 1.89. The lowest BCUT2D eigenvalue weighted by Crippen LogP contribution is -2.21. The largest absolute Gasteiger partial charge is 0.374 e. The maximum Gasteiger partial charge on any atom is 0.0651 e. The molecule has 0 heterocycles. The molecule has 2 heteroatoms. The molecule has 0 aromatic rings. The topological polar surface area (TPSA) is 9.23 Å². The quantitative estimate of drug-likeness (QED) is 0.453. The Labute approximate surface area is 67.0 Å². The summed E-state index contributed by atoms with van der Waals surface area (Å²) in [6.45, 7) is 0.734. The van der Waals surface area contributed by atoms with E-state index in [2.05, 4.69) is 0 Å². The Bertz CT molecular complexity index is 108. The van der Waals surface area contributed by atoms with Gasteiger partial charge in [-0.15, -0.1) is 11.6 Å². The third-order valence-electron chi connectivity index (χ3n) is 1.74. The first-order valence-electron chi connectivity index (χ1n) is 3.76. The van der Waals surface area contributed by atoms with E-state index in [1.54, 1.807) is 0 Å². The van der Waals surface area contributed by atoms with Crippen LogP contribution in [-0.2, 0) is 4.74 Å². The second kappa shape index (κ2) is 4.75. The molecule has 0 bridgehead atoms. The fourth-order valence-corrected chi connectivity index (χ4v) is 0.986. The molecule has 0 saturated heterocycles. The first kappa shape index (κ1) is 8.09. The summed E-state index contributed by atoms with van der Waals surface area (Å²) in [5.41, 5.74) is 0. The average molecular weight is 161 g/mol. The van der Waals surface area contributed by atoms with E-state index in [1.807, 2.05) is 12.2 Å². The van der Waals surface area contributed by atoms with Crippen molar-refractivity contribution in [2.24, 2.45) is 0 Å². The molecule has 1 aliphatic carbocycles. The summed E-state index contributed by atoms with van der Waals surface area (Å²) in [6, 6.07) is 0. The molecule has 0 unspecified atom stereocenters. The van der Waals surface area contributed by atoms with Gasteiger partial charge in [-0.25, -0.2) is 0 Å². The Morgan fingerprint density at radius 3 is 2.70 bits per heavy atom. The van der Waals surface area contributed by atoms with Crippen molar-refractivity contribution < 1.29 is 4.74 Å². The highest BCUT2D eigenvalue weighted by Crippen LogP contribution is 2.21. The number of hydrogen-bond acceptors (Lipinski definition) is 1. The maximum atomic E-state index is 5.43. The Hall–Kier alpha value is -0.0100. The molecule has 0 spiro atoms. The molecule has 0 atom stereocenters. The normalized spacial score (nSPS) is 19.7. The predicted molar refractivity (Wildman–Crippen MR) is 43.5 cm³/mol. The summed E-state index contributed by atoms with van der Waals surface area (Å²) in [6.07, 6.45) is 8.26. The second-order valence-corrected chi connectivity index (χ2v) is 2.82. The van der Waals surface area contributed by atoms with Crippen molar-refractivity contribution in [2.75, 3.05) is 12.5 Å². The van der Waals surface area contributed by atoms with E-state index in [9.17, 15) is 0 Å². The van der Waals surface area contributed by atoms with E-state index in [0.717, 1.165) is 6.61 Å². The van der Waals surface area contributed by atoms with Crippen LogP contribution in [0.3, 0.4) is 0 Å². The van der Waals surface area contributed by atoms with E-state index in [0.29, 0.717) is 12.0 Å². The van der Waals surface area contributed by atoms with Gasteiger partial charge in [-0.05, 0) is 19.3 Å². The molecule has 0 amide bonds. The zero-order valence-corrected chi connectivity index (χ0v) is 6.81. The van der Waals surface area contributed by atoms with E-state index < -0.39 is 0 Å². The van der Waals surface area contributed by atoms with Crippen LogP contribution in [0.1, 0.15) is 19.3 Å². The zero-order valence-electron chi connectivity index (χ0n) is 6.05. The fraction of sp³-hybridized carbons (Fsp3) is 0.750. The number of alkyl halides is 1. The van der Waals surface area contributed by atoms with Crippen LogP contribution in [0, 0.1) is 0 Å². The molecule has 0 radical (unpaired) electrons. The highest BCUT2D eigenvalue weighted by atomic mass is 35.5. The lowest BCUT2D eigenvalue weighted by atomic mass is 9.96. The highest BCUT2D eigenvalue weighted by Gasteiger charge is 2.16. The minimum atomic E-state index is 0.542. The van der Waals surface area contributed by atoms with Crippen molar-refractivity contribution in [2.45, 2.75) is 25.4 Å². The van der Waals surface area contributed by atoms with E-state index in [1.165, 1.54) is 19.3 Å². The van der Waals surface area contributed by atoms with Crippen LogP contribution >= 0.6 is 11.6 Å². The molecular formula is C8H13ClO. The third-order valence-corrected chi connectivity index (χ3v) is 1.91. The molecule has 0 aromatic carbocycles. The first-order chi connectivity index (χ1) is 4.93. The van der Waals surface area contributed by atoms with Crippen LogP contribution in [0.2, 0.25) is 0 Å². The maximum absolute atomic E-state index is 5.43. The number of hydrogen-bond donors (Lipinski definition) is 0. The van der Waals surface area contributed by atoms with Gasteiger partial charge in [-0.2, -0.15) is 0 Å². The van der Waals surface area contributed by atoms with Crippen molar-refractivity contribution in [3.8, 4) is 0 Å². The number of allylic oxidation sites excluding steroid dienone is 1. The van der Waals surface area contributed by atoms with Crippen LogP contribution in [0.15, 0.2) is 12.2 Å². The summed E-state index contributed by atoms with van der Waals surface area (Å²) in [4.78, 5) is 0. The Morgan fingerprint density at radius 1 is 1.40 bits per heavy atom. The Kier molecular flexibility index (Phi) is 3.84. The molecule has 0 aromatic heterocycles. The second-order valence-electron chi connectivity index (χ2n) is 2.51. The van der Waals surface area contributed by atoms with Crippen molar-refractivity contribution in [1.29, 1.82) is 0 Å². The van der Waals surface area contributed by atoms with Gasteiger partial charge in [0.15, 0.2) is 0 Å². The van der Waals surface area contributed by atoms with Crippen LogP contribution in [0.4, 0.5) is 0 Å². The molecule has 1 aliphatic rings. The van der Waals surface area contributed by atoms with Gasteiger partial charge in [0.2, 0.25) is 0 Å². The molecule has 10 heavy (non-hydrogen) atoms. The SMILES string of the molecule is ClCC=CCOC1CCC1. The monoisotopic (exact) mass is 160 g/mol. The summed E-state index contributed by atoms with van der Waals surface area (Å²) in [7, 11) is 0. The summed E-state index contributed by atoms with van der Waals surface area (Å²) in [5, 5.41) is 0. The predicted octanol–water partition coefficient (Wildman–Crippen LogP) is 2.35. The standard InChI is InChI=1S/C8H13ClO/c9-6-1-2-7-10-8-4-3-5-8/h1-2,8H,3-7H2. The molecule has 1 nitrogen and oxygen atoms in total. The lowest BCUT2D eigenvalue weighted by Gasteiger charge is -2.24. The Morgan fingerprint density at radius 2 is 2.20 bits per heavy atom.